The summed E-state index contributed by atoms with van der Waals surface area (Å²) in [6.45, 7) is 2.08. The molecule has 0 amide bonds. The Bertz CT molecular complexity index is 147. The Morgan fingerprint density at radius 3 is 1.75 bits per heavy atom. The van der Waals surface area contributed by atoms with Crippen molar-refractivity contribution in [2.45, 2.75) is 70.6 Å². The van der Waals surface area contributed by atoms with Crippen LogP contribution in [0.1, 0.15) is 70.6 Å². The minimum absolute atomic E-state index is 0. The molecule has 3 heteroatoms. The summed E-state index contributed by atoms with van der Waals surface area (Å²) in [7, 11) is 0. The number of rotatable bonds is 6. The summed E-state index contributed by atoms with van der Waals surface area (Å²) < 4.78 is 5.51. The van der Waals surface area contributed by atoms with Gasteiger partial charge in [-0.25, -0.2) is 0 Å². The van der Waals surface area contributed by atoms with Gasteiger partial charge in [-0.2, -0.15) is 0 Å². The quantitative estimate of drug-likeness (QED) is 0.430. The second-order valence-electron chi connectivity index (χ2n) is 5.42. The number of aliphatic hydroxyl groups is 1. The maximum atomic E-state index is 8.52. The molecular formula is C17H36FeO2. The van der Waals surface area contributed by atoms with E-state index in [4.69, 9.17) is 9.84 Å². The summed E-state index contributed by atoms with van der Waals surface area (Å²) in [6, 6.07) is 0. The van der Waals surface area contributed by atoms with Crippen molar-refractivity contribution in [3.8, 4) is 0 Å². The van der Waals surface area contributed by atoms with E-state index < -0.39 is 0 Å². The molecule has 0 heterocycles. The minimum atomic E-state index is 0. The second kappa shape index (κ2) is 19.4. The predicted molar refractivity (Wildman–Crippen MR) is 85.0 cm³/mol. The normalized spacial score (nSPS) is 17.2. The van der Waals surface area contributed by atoms with Crippen molar-refractivity contribution in [1.29, 1.82) is 0 Å². The molecule has 2 fully saturated rings. The molecule has 2 saturated carbocycles. The number of unbranched alkanes of at least 4 members (excludes halogenated alkanes) is 1. The average Bonchev–Trinajstić information content (AvgIpc) is 3.05. The monoisotopic (exact) mass is 328 g/mol. The summed E-state index contributed by atoms with van der Waals surface area (Å²) in [6.07, 6.45) is 14.9. The van der Waals surface area contributed by atoms with Crippen LogP contribution < -0.4 is 0 Å². The van der Waals surface area contributed by atoms with Crippen LogP contribution in [0.3, 0.4) is 0 Å². The van der Waals surface area contributed by atoms with E-state index in [1.54, 1.807) is 0 Å². The van der Waals surface area contributed by atoms with Crippen LogP contribution in [0.15, 0.2) is 0 Å². The molecule has 2 rings (SSSR count). The maximum absolute atomic E-state index is 8.52. The maximum Gasteiger partial charge on any atom is 2.00 e. The molecule has 0 bridgehead atoms. The van der Waals surface area contributed by atoms with Gasteiger partial charge in [-0.1, -0.05) is 44.9 Å². The Morgan fingerprint density at radius 1 is 0.800 bits per heavy atom. The fourth-order valence-corrected chi connectivity index (χ4v) is 2.63. The average molecular weight is 328 g/mol. The molecule has 0 saturated heterocycles. The standard InChI is InChI=1S/C10H20O2.C5H10.2CH3.Fe/c11-7-3-4-8-12-9-10-5-1-2-6-10;1-2-4-5-3-1;;;/h10-11H,1-9H2;1-5H2;2*1H3;/q;;2*-1;+2. The van der Waals surface area contributed by atoms with E-state index in [1.807, 2.05) is 0 Å². The van der Waals surface area contributed by atoms with E-state index in [9.17, 15) is 0 Å². The van der Waals surface area contributed by atoms with Crippen LogP contribution in [0.5, 0.6) is 0 Å². The predicted octanol–water partition coefficient (Wildman–Crippen LogP) is 4.81. The zero-order valence-electron chi connectivity index (χ0n) is 13.7. The van der Waals surface area contributed by atoms with Crippen molar-refractivity contribution in [3.63, 3.8) is 0 Å². The summed E-state index contributed by atoms with van der Waals surface area (Å²) in [5.41, 5.74) is 0. The summed E-state index contributed by atoms with van der Waals surface area (Å²) in [5.74, 6) is 0.833. The van der Waals surface area contributed by atoms with Gasteiger partial charge in [-0.15, -0.1) is 0 Å². The fraction of sp³-hybridized carbons (Fsp3) is 0.882. The van der Waals surface area contributed by atoms with Crippen LogP contribution in [-0.4, -0.2) is 24.9 Å². The first-order valence-electron chi connectivity index (χ1n) is 7.62. The molecule has 0 spiro atoms. The number of ether oxygens (including phenoxy) is 1. The Balaban J connectivity index is -0.000000312. The third-order valence-electron chi connectivity index (χ3n) is 3.78. The van der Waals surface area contributed by atoms with E-state index >= 15 is 0 Å². The molecule has 0 aromatic heterocycles. The molecule has 124 valence electrons. The molecule has 0 unspecified atom stereocenters. The molecule has 2 aliphatic rings. The molecule has 0 atom stereocenters. The van der Waals surface area contributed by atoms with Crippen molar-refractivity contribution in [2.75, 3.05) is 19.8 Å². The second-order valence-corrected chi connectivity index (χ2v) is 5.42. The summed E-state index contributed by atoms with van der Waals surface area (Å²) in [4.78, 5) is 0. The first-order chi connectivity index (χ1) is 8.43. The van der Waals surface area contributed by atoms with Crippen LogP contribution in [0.25, 0.3) is 0 Å². The van der Waals surface area contributed by atoms with Crippen molar-refractivity contribution in [2.24, 2.45) is 5.92 Å². The first kappa shape index (κ1) is 25.4. The number of hydrogen-bond donors (Lipinski definition) is 1. The first-order valence-corrected chi connectivity index (χ1v) is 7.62. The van der Waals surface area contributed by atoms with Gasteiger partial charge in [-0.3, -0.25) is 0 Å². The Morgan fingerprint density at radius 2 is 1.30 bits per heavy atom. The molecule has 0 radical (unpaired) electrons. The van der Waals surface area contributed by atoms with Crippen molar-refractivity contribution in [3.05, 3.63) is 14.9 Å². The molecule has 0 aromatic rings. The third kappa shape index (κ3) is 14.8. The van der Waals surface area contributed by atoms with Gasteiger partial charge in [-0.05, 0) is 31.6 Å². The van der Waals surface area contributed by atoms with Gasteiger partial charge in [0.1, 0.15) is 0 Å². The van der Waals surface area contributed by atoms with E-state index in [0.717, 1.165) is 32.0 Å². The Hall–Kier alpha value is 0.439. The van der Waals surface area contributed by atoms with Gasteiger partial charge >= 0.3 is 17.1 Å². The van der Waals surface area contributed by atoms with Crippen LogP contribution in [0.2, 0.25) is 0 Å². The molecule has 2 nitrogen and oxygen atoms in total. The van der Waals surface area contributed by atoms with Gasteiger partial charge in [0.15, 0.2) is 0 Å². The van der Waals surface area contributed by atoms with Gasteiger partial charge in [0, 0.05) is 19.8 Å². The topological polar surface area (TPSA) is 29.5 Å². The number of hydrogen-bond acceptors (Lipinski definition) is 2. The van der Waals surface area contributed by atoms with Gasteiger partial charge < -0.3 is 24.7 Å². The smallest absolute Gasteiger partial charge is 0.396 e. The van der Waals surface area contributed by atoms with Crippen LogP contribution in [-0.2, 0) is 21.8 Å². The van der Waals surface area contributed by atoms with Crippen molar-refractivity contribution in [1.82, 2.24) is 0 Å². The zero-order valence-corrected chi connectivity index (χ0v) is 14.8. The van der Waals surface area contributed by atoms with E-state index in [-0.39, 0.29) is 31.9 Å². The van der Waals surface area contributed by atoms with Crippen molar-refractivity contribution < 1.29 is 26.9 Å². The Labute approximate surface area is 138 Å². The Kier molecular flexibility index (Phi) is 24.7. The van der Waals surface area contributed by atoms with Gasteiger partial charge in [0.25, 0.3) is 0 Å². The summed E-state index contributed by atoms with van der Waals surface area (Å²) in [5, 5.41) is 8.52. The number of aliphatic hydroxyl groups excluding tert-OH is 1. The van der Waals surface area contributed by atoms with Gasteiger partial charge in [0.2, 0.25) is 0 Å². The van der Waals surface area contributed by atoms with Crippen molar-refractivity contribution >= 4 is 0 Å². The third-order valence-corrected chi connectivity index (χ3v) is 3.78. The van der Waals surface area contributed by atoms with E-state index in [0.29, 0.717) is 6.61 Å². The molecule has 20 heavy (non-hydrogen) atoms. The molecule has 0 aliphatic heterocycles. The van der Waals surface area contributed by atoms with Crippen LogP contribution >= 0.6 is 0 Å². The van der Waals surface area contributed by atoms with Crippen LogP contribution in [0.4, 0.5) is 0 Å². The van der Waals surface area contributed by atoms with E-state index in [2.05, 4.69) is 0 Å². The minimum Gasteiger partial charge on any atom is -0.396 e. The molecule has 1 N–H and O–H groups in total. The molecular weight excluding hydrogens is 292 g/mol. The molecule has 0 aromatic carbocycles. The largest absolute Gasteiger partial charge is 2.00 e. The SMILES string of the molecule is C1CCCC1.OCCCCOCC1CCCC1.[CH3-].[CH3-].[Fe+2]. The summed E-state index contributed by atoms with van der Waals surface area (Å²) >= 11 is 0. The zero-order chi connectivity index (χ0) is 12.2. The van der Waals surface area contributed by atoms with E-state index in [1.165, 1.54) is 57.8 Å². The molecule has 2 aliphatic carbocycles. The van der Waals surface area contributed by atoms with Gasteiger partial charge in [0.05, 0.1) is 0 Å². The fourth-order valence-electron chi connectivity index (χ4n) is 2.63. The van der Waals surface area contributed by atoms with Crippen LogP contribution in [0, 0.1) is 20.8 Å².